The topological polar surface area (TPSA) is 120 Å². The van der Waals surface area contributed by atoms with Crippen molar-refractivity contribution in [1.82, 2.24) is 9.62 Å². The van der Waals surface area contributed by atoms with Crippen LogP contribution in [0.1, 0.15) is 13.8 Å². The third kappa shape index (κ3) is 6.66. The third-order valence-corrected chi connectivity index (χ3v) is 6.15. The van der Waals surface area contributed by atoms with Gasteiger partial charge in [0.1, 0.15) is 24.9 Å². The molecule has 1 atom stereocenters. The Bertz CT molecular complexity index is 797. The van der Waals surface area contributed by atoms with Gasteiger partial charge in [-0.25, -0.2) is 8.42 Å². The van der Waals surface area contributed by atoms with Crippen molar-refractivity contribution in [2.24, 2.45) is 0 Å². The molecular weight excluding hydrogens is 416 g/mol. The number of rotatable bonds is 11. The number of esters is 1. The SMILES string of the molecule is CCOCCOc1ccc(S(=O)(=O)N2CCOCC2C(=O)NCC(=O)OCC)cc1. The van der Waals surface area contributed by atoms with Crippen molar-refractivity contribution in [3.8, 4) is 5.75 Å². The first-order valence-electron chi connectivity index (χ1n) is 9.73. The maximum Gasteiger partial charge on any atom is 0.325 e. The van der Waals surface area contributed by atoms with Gasteiger partial charge in [-0.1, -0.05) is 0 Å². The molecule has 1 heterocycles. The number of nitrogens with zero attached hydrogens (tertiary/aromatic N) is 1. The lowest BCUT2D eigenvalue weighted by atomic mass is 10.2. The molecule has 1 aliphatic heterocycles. The van der Waals surface area contributed by atoms with E-state index in [0.29, 0.717) is 25.6 Å². The lowest BCUT2D eigenvalue weighted by molar-refractivity contribution is -0.144. The number of amides is 1. The molecule has 1 aliphatic rings. The third-order valence-electron chi connectivity index (χ3n) is 4.23. The van der Waals surface area contributed by atoms with Crippen molar-refractivity contribution in [3.63, 3.8) is 0 Å². The summed E-state index contributed by atoms with van der Waals surface area (Å²) in [6, 6.07) is 4.87. The zero-order chi connectivity index (χ0) is 22.0. The van der Waals surface area contributed by atoms with Crippen molar-refractivity contribution in [3.05, 3.63) is 24.3 Å². The van der Waals surface area contributed by atoms with E-state index >= 15 is 0 Å². The Kier molecular flexibility index (Phi) is 9.50. The smallest absolute Gasteiger partial charge is 0.325 e. The fraction of sp³-hybridized carbons (Fsp3) is 0.579. The van der Waals surface area contributed by atoms with Gasteiger partial charge in [-0.05, 0) is 38.1 Å². The van der Waals surface area contributed by atoms with Gasteiger partial charge in [0.15, 0.2) is 0 Å². The molecule has 0 spiro atoms. The lowest BCUT2D eigenvalue weighted by Crippen LogP contribution is -2.56. The van der Waals surface area contributed by atoms with Crippen LogP contribution in [-0.4, -0.2) is 83.4 Å². The van der Waals surface area contributed by atoms with Crippen LogP contribution in [0.5, 0.6) is 5.75 Å². The summed E-state index contributed by atoms with van der Waals surface area (Å²) in [7, 11) is -3.95. The Morgan fingerprint density at radius 3 is 2.57 bits per heavy atom. The van der Waals surface area contributed by atoms with Crippen LogP contribution in [0.2, 0.25) is 0 Å². The number of carbonyl (C=O) groups excluding carboxylic acids is 2. The molecular formula is C19H28N2O8S. The summed E-state index contributed by atoms with van der Waals surface area (Å²) in [5, 5.41) is 2.40. The van der Waals surface area contributed by atoms with Crippen LogP contribution >= 0.6 is 0 Å². The highest BCUT2D eigenvalue weighted by Gasteiger charge is 2.38. The molecule has 1 fully saturated rings. The highest BCUT2D eigenvalue weighted by molar-refractivity contribution is 7.89. The Labute approximate surface area is 176 Å². The van der Waals surface area contributed by atoms with E-state index in [1.807, 2.05) is 6.92 Å². The summed E-state index contributed by atoms with van der Waals surface area (Å²) in [6.07, 6.45) is 0. The second-order valence-corrected chi connectivity index (χ2v) is 8.14. The number of ether oxygens (including phenoxy) is 4. The van der Waals surface area contributed by atoms with Crippen LogP contribution in [0.25, 0.3) is 0 Å². The minimum atomic E-state index is -3.95. The Morgan fingerprint density at radius 2 is 1.90 bits per heavy atom. The van der Waals surface area contributed by atoms with Gasteiger partial charge in [-0.2, -0.15) is 4.31 Å². The van der Waals surface area contributed by atoms with Crippen LogP contribution in [0, 0.1) is 0 Å². The van der Waals surface area contributed by atoms with Gasteiger partial charge in [0, 0.05) is 13.2 Å². The predicted octanol–water partition coefficient (Wildman–Crippen LogP) is 0.171. The molecule has 1 aromatic rings. The predicted molar refractivity (Wildman–Crippen MR) is 107 cm³/mol. The molecule has 0 saturated carbocycles. The number of hydrogen-bond donors (Lipinski definition) is 1. The van der Waals surface area contributed by atoms with E-state index in [9.17, 15) is 18.0 Å². The Balaban J connectivity index is 2.06. The van der Waals surface area contributed by atoms with Crippen LogP contribution in [0.4, 0.5) is 0 Å². The molecule has 0 radical (unpaired) electrons. The van der Waals surface area contributed by atoms with E-state index in [1.54, 1.807) is 19.1 Å². The maximum absolute atomic E-state index is 13.1. The average Bonchev–Trinajstić information content (AvgIpc) is 2.75. The average molecular weight is 445 g/mol. The molecule has 11 heteroatoms. The molecule has 2 rings (SSSR count). The van der Waals surface area contributed by atoms with E-state index in [0.717, 1.165) is 4.31 Å². The quantitative estimate of drug-likeness (QED) is 0.379. The summed E-state index contributed by atoms with van der Waals surface area (Å²) in [4.78, 5) is 24.0. The van der Waals surface area contributed by atoms with E-state index in [4.69, 9.17) is 18.9 Å². The van der Waals surface area contributed by atoms with Crippen molar-refractivity contribution < 1.29 is 37.0 Å². The second kappa shape index (κ2) is 11.8. The molecule has 1 saturated heterocycles. The van der Waals surface area contributed by atoms with Gasteiger partial charge in [-0.3, -0.25) is 9.59 Å². The largest absolute Gasteiger partial charge is 0.491 e. The highest BCUT2D eigenvalue weighted by Crippen LogP contribution is 2.23. The Hall–Kier alpha value is -2.21. The van der Waals surface area contributed by atoms with Gasteiger partial charge in [0.2, 0.25) is 15.9 Å². The monoisotopic (exact) mass is 444 g/mol. The number of hydrogen-bond acceptors (Lipinski definition) is 8. The number of carbonyl (C=O) groups is 2. The molecule has 168 valence electrons. The molecule has 0 aliphatic carbocycles. The van der Waals surface area contributed by atoms with Crippen molar-refractivity contribution in [2.45, 2.75) is 24.8 Å². The first kappa shape index (κ1) is 24.1. The van der Waals surface area contributed by atoms with Crippen molar-refractivity contribution in [2.75, 3.05) is 52.7 Å². The zero-order valence-electron chi connectivity index (χ0n) is 17.2. The number of sulfonamides is 1. The fourth-order valence-corrected chi connectivity index (χ4v) is 4.34. The zero-order valence-corrected chi connectivity index (χ0v) is 18.0. The maximum atomic E-state index is 13.1. The van der Waals surface area contributed by atoms with Gasteiger partial charge in [-0.15, -0.1) is 0 Å². The highest BCUT2D eigenvalue weighted by atomic mass is 32.2. The minimum absolute atomic E-state index is 0.0203. The van der Waals surface area contributed by atoms with E-state index in [-0.39, 0.29) is 37.8 Å². The molecule has 1 amide bonds. The van der Waals surface area contributed by atoms with Crippen molar-refractivity contribution in [1.29, 1.82) is 0 Å². The first-order valence-corrected chi connectivity index (χ1v) is 11.2. The number of morpholine rings is 1. The van der Waals surface area contributed by atoms with Crippen molar-refractivity contribution >= 4 is 21.9 Å². The minimum Gasteiger partial charge on any atom is -0.491 e. The van der Waals surface area contributed by atoms with Crippen LogP contribution < -0.4 is 10.1 Å². The molecule has 1 unspecified atom stereocenters. The standard InChI is InChI=1S/C19H28N2O8S/c1-3-26-11-12-29-15-5-7-16(8-6-15)30(24,25)21-9-10-27-14-17(21)19(23)20-13-18(22)28-4-2/h5-8,17H,3-4,9-14H2,1-2H3,(H,20,23). The summed E-state index contributed by atoms with van der Waals surface area (Å²) in [5.41, 5.74) is 0. The normalized spacial score (nSPS) is 17.3. The summed E-state index contributed by atoms with van der Waals surface area (Å²) in [5.74, 6) is -0.710. The molecule has 1 N–H and O–H groups in total. The second-order valence-electron chi connectivity index (χ2n) is 6.25. The summed E-state index contributed by atoms with van der Waals surface area (Å²) in [6.45, 7) is 4.85. The van der Waals surface area contributed by atoms with E-state index < -0.39 is 27.9 Å². The molecule has 0 aromatic heterocycles. The number of nitrogens with one attached hydrogen (secondary N) is 1. The molecule has 30 heavy (non-hydrogen) atoms. The Morgan fingerprint density at radius 1 is 1.17 bits per heavy atom. The van der Waals surface area contributed by atoms with Crippen LogP contribution in [0.3, 0.4) is 0 Å². The lowest BCUT2D eigenvalue weighted by Gasteiger charge is -2.33. The van der Waals surface area contributed by atoms with Gasteiger partial charge >= 0.3 is 5.97 Å². The van der Waals surface area contributed by atoms with E-state index in [1.165, 1.54) is 12.1 Å². The molecule has 0 bridgehead atoms. The summed E-state index contributed by atoms with van der Waals surface area (Å²) >= 11 is 0. The van der Waals surface area contributed by atoms with Gasteiger partial charge in [0.25, 0.3) is 0 Å². The van der Waals surface area contributed by atoms with Gasteiger partial charge in [0.05, 0.1) is 31.3 Å². The van der Waals surface area contributed by atoms with Crippen LogP contribution in [0.15, 0.2) is 29.2 Å². The summed E-state index contributed by atoms with van der Waals surface area (Å²) < 4.78 is 48.0. The molecule has 10 nitrogen and oxygen atoms in total. The number of benzene rings is 1. The van der Waals surface area contributed by atoms with E-state index in [2.05, 4.69) is 5.32 Å². The van der Waals surface area contributed by atoms with Gasteiger partial charge < -0.3 is 24.3 Å². The van der Waals surface area contributed by atoms with Crippen LogP contribution in [-0.2, 0) is 33.8 Å². The fourth-order valence-electron chi connectivity index (χ4n) is 2.78. The molecule has 1 aromatic carbocycles. The first-order chi connectivity index (χ1) is 14.4.